The van der Waals surface area contributed by atoms with Gasteiger partial charge in [-0.05, 0) is 26.2 Å². The first-order valence-corrected chi connectivity index (χ1v) is 6.30. The molecular formula is C12H20N2O4. The average Bonchev–Trinajstić information content (AvgIpc) is 2.80. The minimum Gasteiger partial charge on any atom is -0.481 e. The number of nitrogens with one attached hydrogen (secondary N) is 1. The smallest absolute Gasteiger partial charge is 0.303 e. The van der Waals surface area contributed by atoms with Crippen LogP contribution in [0.25, 0.3) is 0 Å². The second-order valence-corrected chi connectivity index (χ2v) is 4.57. The molecule has 1 heterocycles. The molecule has 1 fully saturated rings. The summed E-state index contributed by atoms with van der Waals surface area (Å²) in [5.41, 5.74) is 0. The molecule has 1 aliphatic heterocycles. The third-order valence-electron chi connectivity index (χ3n) is 2.96. The van der Waals surface area contributed by atoms with Gasteiger partial charge in [0.05, 0.1) is 0 Å². The van der Waals surface area contributed by atoms with Crippen LogP contribution in [0.15, 0.2) is 0 Å². The summed E-state index contributed by atoms with van der Waals surface area (Å²) in [6.45, 7) is 3.19. The highest BCUT2D eigenvalue weighted by molar-refractivity contribution is 5.87. The van der Waals surface area contributed by atoms with E-state index in [0.29, 0.717) is 6.42 Å². The first kappa shape index (κ1) is 14.5. The molecule has 1 atom stereocenters. The second-order valence-electron chi connectivity index (χ2n) is 4.57. The van der Waals surface area contributed by atoms with Crippen molar-refractivity contribution in [1.82, 2.24) is 10.2 Å². The molecule has 6 heteroatoms. The maximum absolute atomic E-state index is 11.9. The van der Waals surface area contributed by atoms with Crippen LogP contribution in [-0.2, 0) is 14.4 Å². The normalized spacial score (nSPS) is 16.4. The zero-order valence-corrected chi connectivity index (χ0v) is 10.6. The van der Waals surface area contributed by atoms with Gasteiger partial charge in [0.1, 0.15) is 6.04 Å². The van der Waals surface area contributed by atoms with E-state index >= 15 is 0 Å². The molecule has 2 amide bonds. The van der Waals surface area contributed by atoms with E-state index in [1.54, 1.807) is 11.8 Å². The summed E-state index contributed by atoms with van der Waals surface area (Å²) in [7, 11) is 0. The van der Waals surface area contributed by atoms with Crippen molar-refractivity contribution in [3.8, 4) is 0 Å². The highest BCUT2D eigenvalue weighted by Gasteiger charge is 2.24. The highest BCUT2D eigenvalue weighted by atomic mass is 16.4. The zero-order valence-electron chi connectivity index (χ0n) is 10.6. The van der Waals surface area contributed by atoms with Crippen molar-refractivity contribution in [2.45, 2.75) is 45.1 Å². The minimum atomic E-state index is -0.913. The Morgan fingerprint density at radius 1 is 1.22 bits per heavy atom. The number of hydrogen-bond acceptors (Lipinski definition) is 3. The van der Waals surface area contributed by atoms with Crippen LogP contribution < -0.4 is 5.32 Å². The maximum atomic E-state index is 11.9. The lowest BCUT2D eigenvalue weighted by Crippen LogP contribution is -2.45. The third-order valence-corrected chi connectivity index (χ3v) is 2.96. The van der Waals surface area contributed by atoms with Crippen LogP contribution in [0.5, 0.6) is 0 Å². The summed E-state index contributed by atoms with van der Waals surface area (Å²) < 4.78 is 0. The molecule has 0 aromatic rings. The number of carbonyl (C=O) groups is 3. The van der Waals surface area contributed by atoms with Gasteiger partial charge in [-0.15, -0.1) is 0 Å². The fourth-order valence-electron chi connectivity index (χ4n) is 1.99. The van der Waals surface area contributed by atoms with Crippen molar-refractivity contribution in [2.24, 2.45) is 0 Å². The summed E-state index contributed by atoms with van der Waals surface area (Å²) in [6, 6.07) is -0.527. The Bertz CT molecular complexity index is 324. The van der Waals surface area contributed by atoms with Gasteiger partial charge >= 0.3 is 5.97 Å². The monoisotopic (exact) mass is 256 g/mol. The Labute approximate surface area is 106 Å². The summed E-state index contributed by atoms with van der Waals surface area (Å²) in [5, 5.41) is 11.1. The zero-order chi connectivity index (χ0) is 13.5. The van der Waals surface area contributed by atoms with Gasteiger partial charge in [-0.25, -0.2) is 0 Å². The topological polar surface area (TPSA) is 86.7 Å². The molecule has 0 aromatic carbocycles. The number of amides is 2. The van der Waals surface area contributed by atoms with Gasteiger partial charge in [0.2, 0.25) is 11.8 Å². The Kier molecular flexibility index (Phi) is 5.61. The molecule has 0 aromatic heterocycles. The lowest BCUT2D eigenvalue weighted by molar-refractivity contribution is -0.137. The van der Waals surface area contributed by atoms with Crippen molar-refractivity contribution < 1.29 is 19.5 Å². The summed E-state index contributed by atoms with van der Waals surface area (Å²) >= 11 is 0. The lowest BCUT2D eigenvalue weighted by atomic mass is 10.2. The molecule has 1 unspecified atom stereocenters. The standard InChI is InChI=1S/C12H20N2O4/c1-9(12(18)14-7-2-3-8-14)13-10(15)5-4-6-11(16)17/h9H,2-8H2,1H3,(H,13,15)(H,16,17). The van der Waals surface area contributed by atoms with Gasteiger partial charge in [-0.3, -0.25) is 14.4 Å². The molecule has 0 spiro atoms. The van der Waals surface area contributed by atoms with Gasteiger partial charge in [0.25, 0.3) is 0 Å². The van der Waals surface area contributed by atoms with Gasteiger partial charge in [-0.1, -0.05) is 0 Å². The van der Waals surface area contributed by atoms with Crippen molar-refractivity contribution in [2.75, 3.05) is 13.1 Å². The van der Waals surface area contributed by atoms with E-state index in [2.05, 4.69) is 5.32 Å². The van der Waals surface area contributed by atoms with Crippen LogP contribution in [0.1, 0.15) is 39.0 Å². The van der Waals surface area contributed by atoms with Crippen LogP contribution in [0.4, 0.5) is 0 Å². The van der Waals surface area contributed by atoms with Gasteiger partial charge in [-0.2, -0.15) is 0 Å². The molecule has 0 radical (unpaired) electrons. The lowest BCUT2D eigenvalue weighted by Gasteiger charge is -2.21. The van der Waals surface area contributed by atoms with E-state index in [1.807, 2.05) is 0 Å². The van der Waals surface area contributed by atoms with Crippen LogP contribution in [0.3, 0.4) is 0 Å². The number of aliphatic carboxylic acids is 1. The predicted molar refractivity (Wildman–Crippen MR) is 64.9 cm³/mol. The number of hydrogen-bond donors (Lipinski definition) is 2. The average molecular weight is 256 g/mol. The van der Waals surface area contributed by atoms with Crippen molar-refractivity contribution in [1.29, 1.82) is 0 Å². The van der Waals surface area contributed by atoms with E-state index in [1.165, 1.54) is 0 Å². The number of rotatable bonds is 6. The molecule has 102 valence electrons. The first-order chi connectivity index (χ1) is 8.50. The third kappa shape index (κ3) is 4.73. The fraction of sp³-hybridized carbons (Fsp3) is 0.750. The number of nitrogens with zero attached hydrogens (tertiary/aromatic N) is 1. The largest absolute Gasteiger partial charge is 0.481 e. The van der Waals surface area contributed by atoms with E-state index in [9.17, 15) is 14.4 Å². The summed E-state index contributed by atoms with van der Waals surface area (Å²) in [4.78, 5) is 35.4. The van der Waals surface area contributed by atoms with Gasteiger partial charge in [0, 0.05) is 25.9 Å². The van der Waals surface area contributed by atoms with E-state index in [-0.39, 0.29) is 24.7 Å². The van der Waals surface area contributed by atoms with Gasteiger partial charge in [0.15, 0.2) is 0 Å². The molecule has 18 heavy (non-hydrogen) atoms. The Morgan fingerprint density at radius 2 is 1.83 bits per heavy atom. The van der Waals surface area contributed by atoms with E-state index in [4.69, 9.17) is 5.11 Å². The number of likely N-dealkylation sites (tertiary alicyclic amines) is 1. The predicted octanol–water partition coefficient (Wildman–Crippen LogP) is 0.368. The quantitative estimate of drug-likeness (QED) is 0.718. The van der Waals surface area contributed by atoms with Gasteiger partial charge < -0.3 is 15.3 Å². The Hall–Kier alpha value is -1.59. The first-order valence-electron chi connectivity index (χ1n) is 6.30. The molecule has 0 bridgehead atoms. The summed E-state index contributed by atoms with van der Waals surface area (Å²) in [5.74, 6) is -1.24. The van der Waals surface area contributed by atoms with Crippen LogP contribution in [0.2, 0.25) is 0 Å². The molecule has 0 aliphatic carbocycles. The minimum absolute atomic E-state index is 0.0259. The molecule has 1 saturated heterocycles. The molecular weight excluding hydrogens is 236 g/mol. The molecule has 0 saturated carbocycles. The van der Waals surface area contributed by atoms with E-state index in [0.717, 1.165) is 25.9 Å². The Morgan fingerprint density at radius 3 is 2.39 bits per heavy atom. The van der Waals surface area contributed by atoms with Crippen molar-refractivity contribution in [3.63, 3.8) is 0 Å². The van der Waals surface area contributed by atoms with Crippen LogP contribution in [-0.4, -0.2) is 46.9 Å². The van der Waals surface area contributed by atoms with Crippen LogP contribution >= 0.6 is 0 Å². The van der Waals surface area contributed by atoms with E-state index < -0.39 is 12.0 Å². The second kappa shape index (κ2) is 6.98. The highest BCUT2D eigenvalue weighted by Crippen LogP contribution is 2.09. The number of carbonyl (C=O) groups excluding carboxylic acids is 2. The SMILES string of the molecule is CC(NC(=O)CCCC(=O)O)C(=O)N1CCCC1. The fourth-order valence-corrected chi connectivity index (χ4v) is 1.99. The Balaban J connectivity index is 2.25. The maximum Gasteiger partial charge on any atom is 0.303 e. The summed E-state index contributed by atoms with van der Waals surface area (Å²) in [6.07, 6.45) is 2.45. The molecule has 1 rings (SSSR count). The number of carboxylic acids is 1. The molecule has 6 nitrogen and oxygen atoms in total. The van der Waals surface area contributed by atoms with Crippen molar-refractivity contribution >= 4 is 17.8 Å². The molecule has 1 aliphatic rings. The van der Waals surface area contributed by atoms with Crippen LogP contribution in [0, 0.1) is 0 Å². The number of carboxylic acid groups (broad SMARTS) is 1. The molecule has 2 N–H and O–H groups in total. The van der Waals surface area contributed by atoms with Crippen molar-refractivity contribution in [3.05, 3.63) is 0 Å².